The van der Waals surface area contributed by atoms with Crippen LogP contribution in [-0.2, 0) is 11.3 Å². The van der Waals surface area contributed by atoms with Crippen LogP contribution < -0.4 is 0 Å². The molecule has 2 rings (SSSR count). The van der Waals surface area contributed by atoms with E-state index in [-0.39, 0.29) is 0 Å². The average Bonchev–Trinajstić information content (AvgIpc) is 2.17. The van der Waals surface area contributed by atoms with Crippen molar-refractivity contribution in [2.24, 2.45) is 0 Å². The van der Waals surface area contributed by atoms with Crippen LogP contribution in [-0.4, -0.2) is 30.2 Å². The lowest BCUT2D eigenvalue weighted by atomic mass is 10.1. The van der Waals surface area contributed by atoms with Crippen molar-refractivity contribution >= 4 is 0 Å². The molecular formula is C13H19NO. The van der Waals surface area contributed by atoms with Gasteiger partial charge in [0.05, 0.1) is 12.2 Å². The van der Waals surface area contributed by atoms with Gasteiger partial charge in [0.15, 0.2) is 0 Å². The molecule has 2 atom stereocenters. The van der Waals surface area contributed by atoms with Crippen molar-refractivity contribution in [2.45, 2.75) is 32.6 Å². The van der Waals surface area contributed by atoms with E-state index in [9.17, 15) is 0 Å². The van der Waals surface area contributed by atoms with Crippen molar-refractivity contribution in [3.8, 4) is 0 Å². The predicted octanol–water partition coefficient (Wildman–Crippen LogP) is 2.30. The molecule has 0 radical (unpaired) electrons. The summed E-state index contributed by atoms with van der Waals surface area (Å²) in [5.74, 6) is 0. The van der Waals surface area contributed by atoms with Gasteiger partial charge in [0.2, 0.25) is 0 Å². The Balaban J connectivity index is 1.94. The lowest BCUT2D eigenvalue weighted by molar-refractivity contribution is -0.0704. The topological polar surface area (TPSA) is 12.5 Å². The number of benzene rings is 1. The van der Waals surface area contributed by atoms with Gasteiger partial charge in [-0.05, 0) is 19.4 Å². The van der Waals surface area contributed by atoms with Gasteiger partial charge in [-0.2, -0.15) is 0 Å². The van der Waals surface area contributed by atoms with E-state index in [2.05, 4.69) is 49.1 Å². The number of ether oxygens (including phenoxy) is 1. The molecule has 0 unspecified atom stereocenters. The highest BCUT2D eigenvalue weighted by molar-refractivity contribution is 5.14. The molecule has 1 aliphatic rings. The average molecular weight is 205 g/mol. The quantitative estimate of drug-likeness (QED) is 0.734. The van der Waals surface area contributed by atoms with Gasteiger partial charge in [-0.1, -0.05) is 30.3 Å². The van der Waals surface area contributed by atoms with Gasteiger partial charge in [-0.15, -0.1) is 0 Å². The third kappa shape index (κ3) is 3.05. The molecule has 2 nitrogen and oxygen atoms in total. The molecule has 0 aliphatic carbocycles. The summed E-state index contributed by atoms with van der Waals surface area (Å²) in [7, 11) is 0. The zero-order chi connectivity index (χ0) is 10.7. The fourth-order valence-corrected chi connectivity index (χ4v) is 2.26. The largest absolute Gasteiger partial charge is 0.373 e. The van der Waals surface area contributed by atoms with Gasteiger partial charge in [0.1, 0.15) is 0 Å². The lowest BCUT2D eigenvalue weighted by Crippen LogP contribution is -2.44. The smallest absolute Gasteiger partial charge is 0.0678 e. The normalized spacial score (nSPS) is 27.9. The van der Waals surface area contributed by atoms with Crippen molar-refractivity contribution in [2.75, 3.05) is 13.1 Å². The predicted molar refractivity (Wildman–Crippen MR) is 61.7 cm³/mol. The second-order valence-electron chi connectivity index (χ2n) is 4.44. The van der Waals surface area contributed by atoms with E-state index in [0.717, 1.165) is 19.6 Å². The van der Waals surface area contributed by atoms with Crippen LogP contribution in [0.4, 0.5) is 0 Å². The molecule has 15 heavy (non-hydrogen) atoms. The number of hydrogen-bond acceptors (Lipinski definition) is 2. The summed E-state index contributed by atoms with van der Waals surface area (Å²) in [4.78, 5) is 2.47. The highest BCUT2D eigenvalue weighted by Gasteiger charge is 2.21. The van der Waals surface area contributed by atoms with Crippen molar-refractivity contribution in [3.05, 3.63) is 35.9 Å². The fraction of sp³-hybridized carbons (Fsp3) is 0.538. The molecule has 1 heterocycles. The van der Waals surface area contributed by atoms with Crippen molar-refractivity contribution in [1.29, 1.82) is 0 Å². The molecule has 0 saturated carbocycles. The van der Waals surface area contributed by atoms with E-state index in [0.29, 0.717) is 12.2 Å². The van der Waals surface area contributed by atoms with Crippen molar-refractivity contribution in [1.82, 2.24) is 4.90 Å². The monoisotopic (exact) mass is 205 g/mol. The summed E-state index contributed by atoms with van der Waals surface area (Å²) in [5, 5.41) is 0. The SMILES string of the molecule is C[C@H]1CN(Cc2ccccc2)C[C@H](C)O1. The van der Waals surface area contributed by atoms with E-state index in [4.69, 9.17) is 4.74 Å². The Bertz CT molecular complexity index is 289. The number of morpholine rings is 1. The highest BCUT2D eigenvalue weighted by Crippen LogP contribution is 2.13. The minimum absolute atomic E-state index is 0.359. The van der Waals surface area contributed by atoms with Crippen LogP contribution in [0.1, 0.15) is 19.4 Å². The maximum absolute atomic E-state index is 5.71. The van der Waals surface area contributed by atoms with Gasteiger partial charge in [0.25, 0.3) is 0 Å². The summed E-state index contributed by atoms with van der Waals surface area (Å²) < 4.78 is 5.71. The minimum atomic E-state index is 0.359. The van der Waals surface area contributed by atoms with Crippen LogP contribution in [0.3, 0.4) is 0 Å². The molecule has 2 heteroatoms. The first-order valence-corrected chi connectivity index (χ1v) is 5.66. The van der Waals surface area contributed by atoms with Gasteiger partial charge in [-0.3, -0.25) is 4.90 Å². The second kappa shape index (κ2) is 4.77. The fourth-order valence-electron chi connectivity index (χ4n) is 2.26. The van der Waals surface area contributed by atoms with E-state index in [1.54, 1.807) is 0 Å². The summed E-state index contributed by atoms with van der Waals surface area (Å²) in [6.45, 7) is 7.42. The third-order valence-corrected chi connectivity index (χ3v) is 2.74. The zero-order valence-corrected chi connectivity index (χ0v) is 9.52. The Kier molecular flexibility index (Phi) is 3.39. The summed E-state index contributed by atoms with van der Waals surface area (Å²) in [6, 6.07) is 10.6. The molecule has 1 saturated heterocycles. The Morgan fingerprint density at radius 1 is 1.13 bits per heavy atom. The molecule has 0 aromatic heterocycles. The third-order valence-electron chi connectivity index (χ3n) is 2.74. The molecule has 1 fully saturated rings. The summed E-state index contributed by atoms with van der Waals surface area (Å²) in [6.07, 6.45) is 0.718. The van der Waals surface area contributed by atoms with Crippen LogP contribution in [0.2, 0.25) is 0 Å². The Labute approximate surface area is 91.9 Å². The van der Waals surface area contributed by atoms with Crippen LogP contribution in [0, 0.1) is 0 Å². The summed E-state index contributed by atoms with van der Waals surface area (Å²) in [5.41, 5.74) is 1.39. The zero-order valence-electron chi connectivity index (χ0n) is 9.52. The molecule has 0 N–H and O–H groups in total. The second-order valence-corrected chi connectivity index (χ2v) is 4.44. The molecule has 0 spiro atoms. The van der Waals surface area contributed by atoms with E-state index < -0.39 is 0 Å². The van der Waals surface area contributed by atoms with Gasteiger partial charge in [0, 0.05) is 19.6 Å². The lowest BCUT2D eigenvalue weighted by Gasteiger charge is -2.35. The van der Waals surface area contributed by atoms with Crippen LogP contribution >= 0.6 is 0 Å². The van der Waals surface area contributed by atoms with Gasteiger partial charge < -0.3 is 4.74 Å². The standard InChI is InChI=1S/C13H19NO/c1-11-8-14(9-12(2)15-11)10-13-6-4-3-5-7-13/h3-7,11-12H,8-10H2,1-2H3/t11-,12-/m0/s1. The molecule has 0 amide bonds. The number of hydrogen-bond donors (Lipinski definition) is 0. The molecule has 0 bridgehead atoms. The van der Waals surface area contributed by atoms with E-state index in [1.807, 2.05) is 0 Å². The van der Waals surface area contributed by atoms with Crippen molar-refractivity contribution < 1.29 is 4.74 Å². The molecule has 1 aromatic rings. The first-order chi connectivity index (χ1) is 7.24. The van der Waals surface area contributed by atoms with Crippen LogP contribution in [0.15, 0.2) is 30.3 Å². The molecular weight excluding hydrogens is 186 g/mol. The van der Waals surface area contributed by atoms with Crippen molar-refractivity contribution in [3.63, 3.8) is 0 Å². The first-order valence-electron chi connectivity index (χ1n) is 5.66. The van der Waals surface area contributed by atoms with Crippen LogP contribution in [0.5, 0.6) is 0 Å². The molecule has 1 aromatic carbocycles. The Morgan fingerprint density at radius 2 is 1.73 bits per heavy atom. The first kappa shape index (κ1) is 10.7. The maximum atomic E-state index is 5.71. The molecule has 82 valence electrons. The molecule has 1 aliphatic heterocycles. The number of nitrogens with zero attached hydrogens (tertiary/aromatic N) is 1. The van der Waals surface area contributed by atoms with E-state index in [1.165, 1.54) is 5.56 Å². The van der Waals surface area contributed by atoms with E-state index >= 15 is 0 Å². The number of rotatable bonds is 2. The van der Waals surface area contributed by atoms with Crippen LogP contribution in [0.25, 0.3) is 0 Å². The van der Waals surface area contributed by atoms with Gasteiger partial charge >= 0.3 is 0 Å². The Hall–Kier alpha value is -0.860. The maximum Gasteiger partial charge on any atom is 0.0678 e. The Morgan fingerprint density at radius 3 is 2.33 bits per heavy atom. The summed E-state index contributed by atoms with van der Waals surface area (Å²) >= 11 is 0. The van der Waals surface area contributed by atoms with Gasteiger partial charge in [-0.25, -0.2) is 0 Å². The highest BCUT2D eigenvalue weighted by atomic mass is 16.5. The minimum Gasteiger partial charge on any atom is -0.373 e.